The summed E-state index contributed by atoms with van der Waals surface area (Å²) < 4.78 is 16.3. The molecule has 0 radical (unpaired) electrons. The Hall–Kier alpha value is -3.50. The molecule has 2 amide bonds. The van der Waals surface area contributed by atoms with Crippen LogP contribution in [0.2, 0.25) is 0 Å². The van der Waals surface area contributed by atoms with Crippen LogP contribution in [0.1, 0.15) is 5.69 Å². The number of carbonyl (C=O) groups is 3. The van der Waals surface area contributed by atoms with Crippen LogP contribution in [0.4, 0.5) is 9.52 Å². The quantitative estimate of drug-likeness (QED) is 0.161. The predicted octanol–water partition coefficient (Wildman–Crippen LogP) is 0.414. The van der Waals surface area contributed by atoms with E-state index in [1.807, 2.05) is 33.1 Å². The molecule has 5 heterocycles. The molecular weight excluding hydrogens is 521 g/mol. The van der Waals surface area contributed by atoms with Gasteiger partial charge in [0.2, 0.25) is 11.2 Å². The minimum absolute atomic E-state index is 0.0660. The molecule has 0 aliphatic carbocycles. The van der Waals surface area contributed by atoms with Crippen molar-refractivity contribution < 1.29 is 33.3 Å². The number of β-lactam (4-membered cyclic amide) rings is 1. The van der Waals surface area contributed by atoms with Crippen molar-refractivity contribution >= 4 is 67.9 Å². The molecule has 2 aliphatic heterocycles. The number of thiazole rings is 2. The number of alkyl halides is 1. The van der Waals surface area contributed by atoms with E-state index in [0.717, 1.165) is 16.2 Å². The Kier molecular flexibility index (Phi) is 6.16. The van der Waals surface area contributed by atoms with Crippen molar-refractivity contribution in [2.75, 3.05) is 18.3 Å². The second kappa shape index (κ2) is 9.27. The molecule has 2 atom stereocenters. The molecule has 35 heavy (non-hydrogen) atoms. The van der Waals surface area contributed by atoms with Crippen LogP contribution in [-0.2, 0) is 25.8 Å². The number of carboxylic acid groups (broad SMARTS) is 1. The van der Waals surface area contributed by atoms with Gasteiger partial charge < -0.3 is 21.0 Å². The highest BCUT2D eigenvalue weighted by Crippen LogP contribution is 2.40. The average Bonchev–Trinajstić information content (AvgIpc) is 3.54. The standard InChI is InChI=1S/C19H16FN7O5S3/c20-7-32-24-12(10-6-35-19(21)22-10)15(28)23-13-16(29)27-14(18(30)31)9(5-34-17(13)27)3-25-4-11-26(8-25)1-2-33-11/h1-2,4,6,8,13,17H,3,5,7H2,(H3-,21,22,23,28,30,31)/p+1/b24-12-/t13-,17-/m1/s1. The second-order valence-corrected chi connectivity index (χ2v) is 10.4. The Morgan fingerprint density at radius 3 is 2.94 bits per heavy atom. The molecule has 12 nitrogen and oxygen atoms in total. The van der Waals surface area contributed by atoms with Crippen molar-refractivity contribution in [1.82, 2.24) is 19.6 Å². The van der Waals surface area contributed by atoms with E-state index in [1.54, 1.807) is 11.3 Å². The van der Waals surface area contributed by atoms with Gasteiger partial charge in [-0.15, -0.1) is 23.1 Å². The number of anilines is 1. The molecule has 0 bridgehead atoms. The van der Waals surface area contributed by atoms with Gasteiger partial charge in [0.15, 0.2) is 10.8 Å². The summed E-state index contributed by atoms with van der Waals surface area (Å²) in [6, 6.07) is -0.998. The predicted molar refractivity (Wildman–Crippen MR) is 125 cm³/mol. The van der Waals surface area contributed by atoms with Crippen LogP contribution in [0.15, 0.2) is 45.9 Å². The van der Waals surface area contributed by atoms with E-state index >= 15 is 0 Å². The first-order valence-electron chi connectivity index (χ1n) is 9.99. The number of carboxylic acids is 1. The zero-order chi connectivity index (χ0) is 24.7. The minimum Gasteiger partial charge on any atom is -0.477 e. The Bertz CT molecular complexity index is 1370. The van der Waals surface area contributed by atoms with Crippen LogP contribution >= 0.6 is 34.4 Å². The molecule has 0 saturated carbocycles. The third-order valence-electron chi connectivity index (χ3n) is 5.31. The van der Waals surface area contributed by atoms with Crippen LogP contribution in [0.3, 0.4) is 0 Å². The highest BCUT2D eigenvalue weighted by molar-refractivity contribution is 8.00. The number of amides is 2. The third kappa shape index (κ3) is 4.23. The van der Waals surface area contributed by atoms with Gasteiger partial charge in [0.1, 0.15) is 41.7 Å². The van der Waals surface area contributed by atoms with Crippen LogP contribution < -0.4 is 15.6 Å². The first-order chi connectivity index (χ1) is 16.9. The molecule has 1 fully saturated rings. The Labute approximate surface area is 208 Å². The number of nitrogens with zero attached hydrogens (tertiary/aromatic N) is 5. The van der Waals surface area contributed by atoms with E-state index in [4.69, 9.17) is 5.73 Å². The van der Waals surface area contributed by atoms with Crippen LogP contribution in [0.5, 0.6) is 0 Å². The lowest BCUT2D eigenvalue weighted by molar-refractivity contribution is -0.687. The van der Waals surface area contributed by atoms with E-state index < -0.39 is 36.1 Å². The summed E-state index contributed by atoms with van der Waals surface area (Å²) in [6.45, 7) is -0.961. The average molecular weight is 539 g/mol. The van der Waals surface area contributed by atoms with E-state index in [2.05, 4.69) is 20.3 Å². The Morgan fingerprint density at radius 1 is 1.43 bits per heavy atom. The summed E-state index contributed by atoms with van der Waals surface area (Å²) in [5.74, 6) is -2.26. The zero-order valence-electron chi connectivity index (χ0n) is 17.7. The largest absolute Gasteiger partial charge is 0.477 e. The molecule has 182 valence electrons. The van der Waals surface area contributed by atoms with Gasteiger partial charge in [0, 0.05) is 22.1 Å². The van der Waals surface area contributed by atoms with Gasteiger partial charge >= 0.3 is 5.97 Å². The van der Waals surface area contributed by atoms with Gasteiger partial charge in [-0.1, -0.05) is 16.5 Å². The van der Waals surface area contributed by atoms with Gasteiger partial charge in [-0.05, 0) is 0 Å². The van der Waals surface area contributed by atoms with Crippen molar-refractivity contribution in [3.8, 4) is 0 Å². The molecule has 4 N–H and O–H groups in total. The summed E-state index contributed by atoms with van der Waals surface area (Å²) >= 11 is 3.94. The maximum Gasteiger partial charge on any atom is 0.352 e. The van der Waals surface area contributed by atoms with E-state index in [9.17, 15) is 23.9 Å². The number of halogens is 1. The highest BCUT2D eigenvalue weighted by atomic mass is 32.2. The number of thioether (sulfide) groups is 1. The van der Waals surface area contributed by atoms with Gasteiger partial charge in [-0.25, -0.2) is 18.7 Å². The van der Waals surface area contributed by atoms with Gasteiger partial charge in [0.25, 0.3) is 18.7 Å². The topological polar surface area (TPSA) is 155 Å². The lowest BCUT2D eigenvalue weighted by atomic mass is 10.0. The molecule has 5 rings (SSSR count). The number of hydrogen-bond acceptors (Lipinski definition) is 10. The lowest BCUT2D eigenvalue weighted by Crippen LogP contribution is -2.71. The number of imidazole rings is 1. The SMILES string of the molecule is Nc1nc(/C(=N/OCF)C(=O)N[C@@H]2C(=O)N3C(C(=O)O)=C(C[n+]4cc5sccn5c4)CS[C@H]23)cs1. The zero-order valence-corrected chi connectivity index (χ0v) is 20.1. The molecule has 0 spiro atoms. The van der Waals surface area contributed by atoms with Crippen molar-refractivity contribution in [2.45, 2.75) is 18.0 Å². The molecule has 0 aromatic carbocycles. The first kappa shape index (κ1) is 23.3. The molecule has 16 heteroatoms. The van der Waals surface area contributed by atoms with Gasteiger partial charge in [-0.2, -0.15) is 4.40 Å². The van der Waals surface area contributed by atoms with Crippen molar-refractivity contribution in [2.24, 2.45) is 5.16 Å². The van der Waals surface area contributed by atoms with Gasteiger partial charge in [-0.3, -0.25) is 14.5 Å². The fraction of sp³-hybridized carbons (Fsp3) is 0.263. The number of carbonyl (C=O) groups excluding carboxylic acids is 2. The first-order valence-corrected chi connectivity index (χ1v) is 12.8. The van der Waals surface area contributed by atoms with Crippen molar-refractivity contribution in [3.05, 3.63) is 46.4 Å². The number of nitrogens with two attached hydrogens (primary N) is 1. The second-order valence-electron chi connectivity index (χ2n) is 7.43. The molecule has 0 unspecified atom stereocenters. The number of rotatable bonds is 8. The fourth-order valence-corrected chi connectivity index (χ4v) is 6.48. The Balaban J connectivity index is 1.35. The van der Waals surface area contributed by atoms with Crippen molar-refractivity contribution in [3.63, 3.8) is 0 Å². The summed E-state index contributed by atoms with van der Waals surface area (Å²) in [7, 11) is 0. The van der Waals surface area contributed by atoms with E-state index in [0.29, 0.717) is 17.9 Å². The molecule has 3 aromatic rings. The molecular formula is C19H17FN7O5S3+. The van der Waals surface area contributed by atoms with Crippen LogP contribution in [0, 0.1) is 0 Å². The van der Waals surface area contributed by atoms with E-state index in [1.165, 1.54) is 22.0 Å². The summed E-state index contributed by atoms with van der Waals surface area (Å²) in [4.78, 5) is 48.4. The Morgan fingerprint density at radius 2 is 2.26 bits per heavy atom. The normalized spacial score (nSPS) is 20.1. The van der Waals surface area contributed by atoms with Crippen LogP contribution in [0.25, 0.3) is 4.83 Å². The third-order valence-corrected chi connectivity index (χ3v) is 8.14. The van der Waals surface area contributed by atoms with Gasteiger partial charge in [0.05, 0.1) is 0 Å². The number of hydrogen-bond donors (Lipinski definition) is 3. The molecule has 1 saturated heterocycles. The highest BCUT2D eigenvalue weighted by Gasteiger charge is 2.54. The maximum absolute atomic E-state index is 12.9. The fourth-order valence-electron chi connectivity index (χ4n) is 3.84. The summed E-state index contributed by atoms with van der Waals surface area (Å²) in [5, 5.41) is 18.8. The van der Waals surface area contributed by atoms with E-state index in [-0.39, 0.29) is 22.2 Å². The summed E-state index contributed by atoms with van der Waals surface area (Å²) in [6.07, 6.45) is 5.65. The maximum atomic E-state index is 12.9. The number of aliphatic carboxylic acids is 1. The number of nitrogens with one attached hydrogen (secondary N) is 1. The lowest BCUT2D eigenvalue weighted by Gasteiger charge is -2.49. The monoisotopic (exact) mass is 538 g/mol. The van der Waals surface area contributed by atoms with Crippen LogP contribution in [-0.4, -0.2) is 66.9 Å². The minimum atomic E-state index is -1.27. The number of aromatic nitrogens is 3. The smallest absolute Gasteiger partial charge is 0.352 e. The molecule has 2 aliphatic rings. The number of oxime groups is 1. The number of fused-ring (bicyclic) bond motifs is 2. The number of nitrogen functional groups attached to an aromatic ring is 1. The van der Waals surface area contributed by atoms with Crippen molar-refractivity contribution in [1.29, 1.82) is 0 Å². The molecule has 3 aromatic heterocycles. The summed E-state index contributed by atoms with van der Waals surface area (Å²) in [5.41, 5.74) is 5.81.